The largest absolute Gasteiger partial charge is 0.457 e. The number of rotatable bonds is 4. The van der Waals surface area contributed by atoms with Gasteiger partial charge < -0.3 is 10.1 Å². The van der Waals surface area contributed by atoms with Crippen molar-refractivity contribution in [2.24, 2.45) is 0 Å². The molecule has 0 unspecified atom stereocenters. The van der Waals surface area contributed by atoms with Crippen molar-refractivity contribution >= 4 is 11.6 Å². The third-order valence-corrected chi connectivity index (χ3v) is 3.93. The lowest BCUT2D eigenvalue weighted by Crippen LogP contribution is -2.13. The second-order valence-electron chi connectivity index (χ2n) is 5.64. The molecule has 3 rings (SSSR count). The second-order valence-corrected chi connectivity index (χ2v) is 5.64. The van der Waals surface area contributed by atoms with Crippen molar-refractivity contribution in [3.05, 3.63) is 89.5 Å². The monoisotopic (exact) mass is 317 g/mol. The lowest BCUT2D eigenvalue weighted by atomic mass is 10.1. The van der Waals surface area contributed by atoms with E-state index in [1.165, 1.54) is 0 Å². The van der Waals surface area contributed by atoms with Crippen LogP contribution >= 0.6 is 0 Å². The van der Waals surface area contributed by atoms with Gasteiger partial charge in [0.15, 0.2) is 0 Å². The molecule has 24 heavy (non-hydrogen) atoms. The van der Waals surface area contributed by atoms with Crippen LogP contribution in [-0.2, 0) is 0 Å². The maximum absolute atomic E-state index is 12.5. The molecule has 0 aliphatic heterocycles. The molecule has 0 spiro atoms. The first-order valence-electron chi connectivity index (χ1n) is 7.84. The number of amides is 1. The molecule has 3 aromatic rings. The first kappa shape index (κ1) is 15.8. The molecule has 0 aliphatic carbocycles. The molecule has 0 saturated heterocycles. The number of para-hydroxylation sites is 1. The van der Waals surface area contributed by atoms with E-state index in [1.54, 1.807) is 12.1 Å². The van der Waals surface area contributed by atoms with Crippen LogP contribution in [0.1, 0.15) is 21.5 Å². The van der Waals surface area contributed by atoms with Crippen LogP contribution in [0.5, 0.6) is 11.5 Å². The van der Waals surface area contributed by atoms with Crippen LogP contribution in [0.15, 0.2) is 72.8 Å². The Morgan fingerprint density at radius 1 is 0.833 bits per heavy atom. The number of anilines is 1. The van der Waals surface area contributed by atoms with E-state index in [2.05, 4.69) is 5.32 Å². The minimum atomic E-state index is -0.151. The van der Waals surface area contributed by atoms with Crippen LogP contribution in [-0.4, -0.2) is 5.91 Å². The summed E-state index contributed by atoms with van der Waals surface area (Å²) in [5.41, 5.74) is 3.61. The van der Waals surface area contributed by atoms with Crippen molar-refractivity contribution in [3.63, 3.8) is 0 Å². The van der Waals surface area contributed by atoms with Crippen molar-refractivity contribution in [2.75, 3.05) is 5.32 Å². The zero-order chi connectivity index (χ0) is 16.9. The molecule has 3 aromatic carbocycles. The van der Waals surface area contributed by atoms with Gasteiger partial charge in [0.1, 0.15) is 11.5 Å². The summed E-state index contributed by atoms with van der Waals surface area (Å²) < 4.78 is 5.78. The number of benzene rings is 3. The average Bonchev–Trinajstić information content (AvgIpc) is 2.60. The van der Waals surface area contributed by atoms with Gasteiger partial charge in [-0.25, -0.2) is 0 Å². The minimum Gasteiger partial charge on any atom is -0.457 e. The Hall–Kier alpha value is -3.07. The van der Waals surface area contributed by atoms with Crippen molar-refractivity contribution < 1.29 is 9.53 Å². The highest BCUT2D eigenvalue weighted by atomic mass is 16.5. The van der Waals surface area contributed by atoms with Crippen molar-refractivity contribution in [2.45, 2.75) is 13.8 Å². The first-order valence-corrected chi connectivity index (χ1v) is 7.84. The van der Waals surface area contributed by atoms with Crippen molar-refractivity contribution in [1.29, 1.82) is 0 Å². The smallest absolute Gasteiger partial charge is 0.255 e. The summed E-state index contributed by atoms with van der Waals surface area (Å²) >= 11 is 0. The number of aryl methyl sites for hydroxylation is 1. The lowest BCUT2D eigenvalue weighted by molar-refractivity contribution is 0.102. The van der Waals surface area contributed by atoms with E-state index in [-0.39, 0.29) is 5.91 Å². The highest BCUT2D eigenvalue weighted by molar-refractivity contribution is 6.04. The summed E-state index contributed by atoms with van der Waals surface area (Å²) in [4.78, 5) is 12.5. The van der Waals surface area contributed by atoms with Gasteiger partial charge in [0.05, 0.1) is 0 Å². The lowest BCUT2D eigenvalue weighted by Gasteiger charge is -2.11. The predicted octanol–water partition coefficient (Wildman–Crippen LogP) is 5.35. The van der Waals surface area contributed by atoms with Gasteiger partial charge in [0.2, 0.25) is 0 Å². The molecule has 0 radical (unpaired) electrons. The SMILES string of the molecule is Cc1cccc(NC(=O)c2cccc(Oc3ccccc3)c2)c1C. The summed E-state index contributed by atoms with van der Waals surface area (Å²) in [5.74, 6) is 1.22. The van der Waals surface area contributed by atoms with Gasteiger partial charge in [-0.3, -0.25) is 4.79 Å². The molecule has 0 aromatic heterocycles. The van der Waals surface area contributed by atoms with Crippen LogP contribution in [0.25, 0.3) is 0 Å². The molecule has 0 fully saturated rings. The fourth-order valence-electron chi connectivity index (χ4n) is 2.41. The zero-order valence-electron chi connectivity index (χ0n) is 13.7. The number of ether oxygens (including phenoxy) is 1. The molecule has 0 bridgehead atoms. The molecule has 3 heteroatoms. The Kier molecular flexibility index (Phi) is 4.62. The molecule has 120 valence electrons. The number of carbonyl (C=O) groups excluding carboxylic acids is 1. The Morgan fingerprint density at radius 2 is 1.54 bits per heavy atom. The molecule has 0 heterocycles. The van der Waals surface area contributed by atoms with E-state index in [0.29, 0.717) is 11.3 Å². The van der Waals surface area contributed by atoms with Crippen LogP contribution < -0.4 is 10.1 Å². The van der Waals surface area contributed by atoms with E-state index in [1.807, 2.05) is 74.5 Å². The molecule has 1 amide bonds. The Labute approximate surface area is 141 Å². The van der Waals surface area contributed by atoms with Gasteiger partial charge in [0, 0.05) is 11.3 Å². The van der Waals surface area contributed by atoms with Crippen molar-refractivity contribution in [1.82, 2.24) is 0 Å². The second kappa shape index (κ2) is 7.01. The standard InChI is InChI=1S/C21H19NO2/c1-15-8-6-13-20(16(15)2)22-21(23)17-9-7-12-19(14-17)24-18-10-4-3-5-11-18/h3-14H,1-2H3,(H,22,23). The van der Waals surface area contributed by atoms with Crippen LogP contribution in [0.2, 0.25) is 0 Å². The Morgan fingerprint density at radius 3 is 2.33 bits per heavy atom. The number of hydrogen-bond acceptors (Lipinski definition) is 2. The Bertz CT molecular complexity index is 857. The summed E-state index contributed by atoms with van der Waals surface area (Å²) in [6, 6.07) is 22.5. The minimum absolute atomic E-state index is 0.151. The first-order chi connectivity index (χ1) is 11.6. The van der Waals surface area contributed by atoms with Crippen LogP contribution in [0.4, 0.5) is 5.69 Å². The highest BCUT2D eigenvalue weighted by Gasteiger charge is 2.10. The molecule has 3 nitrogen and oxygen atoms in total. The normalized spacial score (nSPS) is 10.2. The van der Waals surface area contributed by atoms with E-state index in [4.69, 9.17) is 4.74 Å². The number of carbonyl (C=O) groups is 1. The van der Waals surface area contributed by atoms with Gasteiger partial charge in [-0.05, 0) is 61.4 Å². The summed E-state index contributed by atoms with van der Waals surface area (Å²) in [5, 5.41) is 2.96. The van der Waals surface area contributed by atoms with E-state index in [0.717, 1.165) is 22.6 Å². The highest BCUT2D eigenvalue weighted by Crippen LogP contribution is 2.23. The van der Waals surface area contributed by atoms with Gasteiger partial charge in [-0.1, -0.05) is 36.4 Å². The van der Waals surface area contributed by atoms with Gasteiger partial charge in [0.25, 0.3) is 5.91 Å². The third-order valence-electron chi connectivity index (χ3n) is 3.93. The van der Waals surface area contributed by atoms with Crippen LogP contribution in [0, 0.1) is 13.8 Å². The quantitative estimate of drug-likeness (QED) is 0.704. The molecular formula is C21H19NO2. The van der Waals surface area contributed by atoms with Crippen molar-refractivity contribution in [3.8, 4) is 11.5 Å². The number of hydrogen-bond donors (Lipinski definition) is 1. The maximum atomic E-state index is 12.5. The molecule has 0 atom stereocenters. The van der Waals surface area contributed by atoms with E-state index in [9.17, 15) is 4.79 Å². The predicted molar refractivity (Wildman–Crippen MR) is 96.8 cm³/mol. The van der Waals surface area contributed by atoms with Gasteiger partial charge >= 0.3 is 0 Å². The van der Waals surface area contributed by atoms with Gasteiger partial charge in [-0.15, -0.1) is 0 Å². The zero-order valence-corrected chi connectivity index (χ0v) is 13.7. The topological polar surface area (TPSA) is 38.3 Å². The molecular weight excluding hydrogens is 298 g/mol. The van der Waals surface area contributed by atoms with Gasteiger partial charge in [-0.2, -0.15) is 0 Å². The maximum Gasteiger partial charge on any atom is 0.255 e. The molecule has 1 N–H and O–H groups in total. The fourth-order valence-corrected chi connectivity index (χ4v) is 2.41. The summed E-state index contributed by atoms with van der Waals surface area (Å²) in [6.45, 7) is 4.03. The summed E-state index contributed by atoms with van der Waals surface area (Å²) in [7, 11) is 0. The fraction of sp³-hybridized carbons (Fsp3) is 0.0952. The average molecular weight is 317 g/mol. The number of nitrogens with one attached hydrogen (secondary N) is 1. The van der Waals surface area contributed by atoms with Crippen LogP contribution in [0.3, 0.4) is 0 Å². The van der Waals surface area contributed by atoms with E-state index < -0.39 is 0 Å². The molecule has 0 saturated carbocycles. The van der Waals surface area contributed by atoms with E-state index >= 15 is 0 Å². The third kappa shape index (κ3) is 3.63. The Balaban J connectivity index is 1.78. The summed E-state index contributed by atoms with van der Waals surface area (Å²) in [6.07, 6.45) is 0. The molecule has 0 aliphatic rings.